The summed E-state index contributed by atoms with van der Waals surface area (Å²) < 4.78 is 5.49. The fraction of sp³-hybridized carbons (Fsp3) is 1.00. The van der Waals surface area contributed by atoms with Crippen molar-refractivity contribution in [1.82, 2.24) is 10.2 Å². The Bertz CT molecular complexity index is 277. The molecule has 0 amide bonds. The summed E-state index contributed by atoms with van der Waals surface area (Å²) in [5.41, 5.74) is 0.484. The molecule has 20 heavy (non-hydrogen) atoms. The van der Waals surface area contributed by atoms with Gasteiger partial charge in [0.2, 0.25) is 0 Å². The predicted molar refractivity (Wildman–Crippen MR) is 83.0 cm³/mol. The van der Waals surface area contributed by atoms with E-state index < -0.39 is 0 Å². The summed E-state index contributed by atoms with van der Waals surface area (Å²) in [6.45, 7) is 7.01. The van der Waals surface area contributed by atoms with Crippen molar-refractivity contribution in [3.63, 3.8) is 0 Å². The molecule has 3 fully saturated rings. The van der Waals surface area contributed by atoms with Gasteiger partial charge in [-0.15, -0.1) is 0 Å². The van der Waals surface area contributed by atoms with E-state index in [1.54, 1.807) is 0 Å². The Labute approximate surface area is 124 Å². The molecule has 0 spiro atoms. The van der Waals surface area contributed by atoms with Crippen molar-refractivity contribution in [2.45, 2.75) is 63.3 Å². The summed E-state index contributed by atoms with van der Waals surface area (Å²) >= 11 is 0. The summed E-state index contributed by atoms with van der Waals surface area (Å²) in [6.07, 6.45) is 12.7. The van der Waals surface area contributed by atoms with Crippen LogP contribution in [0, 0.1) is 5.92 Å². The summed E-state index contributed by atoms with van der Waals surface area (Å²) in [4.78, 5) is 2.84. The molecular weight excluding hydrogens is 248 g/mol. The highest BCUT2D eigenvalue weighted by Gasteiger charge is 2.38. The van der Waals surface area contributed by atoms with Gasteiger partial charge in [0.25, 0.3) is 0 Å². The first kappa shape index (κ1) is 14.8. The summed E-state index contributed by atoms with van der Waals surface area (Å²) in [6, 6.07) is 0. The van der Waals surface area contributed by atoms with Crippen LogP contribution in [0.2, 0.25) is 0 Å². The van der Waals surface area contributed by atoms with Crippen LogP contribution < -0.4 is 5.32 Å². The van der Waals surface area contributed by atoms with E-state index in [0.717, 1.165) is 25.7 Å². The number of piperidine rings is 1. The van der Waals surface area contributed by atoms with E-state index in [1.165, 1.54) is 77.4 Å². The summed E-state index contributed by atoms with van der Waals surface area (Å²) in [7, 11) is 0. The molecule has 0 aromatic carbocycles. The summed E-state index contributed by atoms with van der Waals surface area (Å²) in [5.74, 6) is 0.761. The molecule has 1 N–H and O–H groups in total. The van der Waals surface area contributed by atoms with Gasteiger partial charge in [-0.3, -0.25) is 4.90 Å². The molecule has 0 aromatic heterocycles. The fourth-order valence-corrected chi connectivity index (χ4v) is 4.44. The lowest BCUT2D eigenvalue weighted by atomic mass is 9.79. The van der Waals surface area contributed by atoms with Crippen LogP contribution in [0.15, 0.2) is 0 Å². The molecule has 0 aromatic rings. The molecule has 2 saturated heterocycles. The normalized spacial score (nSPS) is 31.5. The molecule has 1 atom stereocenters. The highest BCUT2D eigenvalue weighted by atomic mass is 16.5. The first-order valence-electron chi connectivity index (χ1n) is 8.93. The van der Waals surface area contributed by atoms with Crippen LogP contribution >= 0.6 is 0 Å². The SMILES string of the molecule is C1CCN(C2(CNCC3CCOC3)CCCCC2)CC1. The van der Waals surface area contributed by atoms with Gasteiger partial charge in [0.05, 0.1) is 6.61 Å². The van der Waals surface area contributed by atoms with E-state index in [4.69, 9.17) is 4.74 Å². The molecule has 2 aliphatic heterocycles. The third-order valence-corrected chi connectivity index (χ3v) is 5.72. The predicted octanol–water partition coefficient (Wildman–Crippen LogP) is 2.80. The van der Waals surface area contributed by atoms with Gasteiger partial charge in [-0.05, 0) is 51.1 Å². The second kappa shape index (κ2) is 7.24. The van der Waals surface area contributed by atoms with Gasteiger partial charge in [-0.1, -0.05) is 25.7 Å². The monoisotopic (exact) mass is 280 g/mol. The van der Waals surface area contributed by atoms with Crippen LogP contribution in [0.25, 0.3) is 0 Å². The smallest absolute Gasteiger partial charge is 0.0507 e. The maximum Gasteiger partial charge on any atom is 0.0507 e. The molecule has 1 saturated carbocycles. The zero-order valence-electron chi connectivity index (χ0n) is 13.0. The molecular formula is C17H32N2O. The molecule has 0 bridgehead atoms. The Morgan fingerprint density at radius 1 is 1.00 bits per heavy atom. The second-order valence-electron chi connectivity index (χ2n) is 7.19. The van der Waals surface area contributed by atoms with Gasteiger partial charge in [0, 0.05) is 25.2 Å². The van der Waals surface area contributed by atoms with E-state index in [1.807, 2.05) is 0 Å². The molecule has 3 heteroatoms. The standard InChI is InChI=1S/C17H32N2O/c1-3-8-17(9-4-1,19-10-5-2-6-11-19)15-18-13-16-7-12-20-14-16/h16,18H,1-15H2. The molecule has 3 aliphatic rings. The zero-order chi connectivity index (χ0) is 13.7. The third kappa shape index (κ3) is 3.55. The average Bonchev–Trinajstić information content (AvgIpc) is 3.02. The first-order chi connectivity index (χ1) is 9.89. The fourth-order valence-electron chi connectivity index (χ4n) is 4.44. The first-order valence-corrected chi connectivity index (χ1v) is 8.93. The van der Waals surface area contributed by atoms with Crippen molar-refractivity contribution in [3.05, 3.63) is 0 Å². The maximum atomic E-state index is 5.49. The lowest BCUT2D eigenvalue weighted by Crippen LogP contribution is -2.57. The van der Waals surface area contributed by atoms with Crippen molar-refractivity contribution in [1.29, 1.82) is 0 Å². The van der Waals surface area contributed by atoms with Gasteiger partial charge in [-0.2, -0.15) is 0 Å². The highest BCUT2D eigenvalue weighted by molar-refractivity contribution is 4.96. The van der Waals surface area contributed by atoms with Crippen LogP contribution in [0.3, 0.4) is 0 Å². The largest absolute Gasteiger partial charge is 0.381 e. The van der Waals surface area contributed by atoms with Crippen molar-refractivity contribution < 1.29 is 4.74 Å². The highest BCUT2D eigenvalue weighted by Crippen LogP contribution is 2.35. The zero-order valence-corrected chi connectivity index (χ0v) is 13.0. The number of likely N-dealkylation sites (tertiary alicyclic amines) is 1. The number of nitrogens with one attached hydrogen (secondary N) is 1. The van der Waals surface area contributed by atoms with E-state index in [2.05, 4.69) is 10.2 Å². The van der Waals surface area contributed by atoms with E-state index in [0.29, 0.717) is 5.54 Å². The molecule has 1 aliphatic carbocycles. The van der Waals surface area contributed by atoms with E-state index >= 15 is 0 Å². The number of nitrogens with zero attached hydrogens (tertiary/aromatic N) is 1. The number of hydrogen-bond donors (Lipinski definition) is 1. The average molecular weight is 280 g/mol. The van der Waals surface area contributed by atoms with Crippen LogP contribution in [-0.2, 0) is 4.74 Å². The minimum Gasteiger partial charge on any atom is -0.381 e. The van der Waals surface area contributed by atoms with Crippen LogP contribution in [-0.4, -0.2) is 49.8 Å². The number of rotatable bonds is 5. The summed E-state index contributed by atoms with van der Waals surface area (Å²) in [5, 5.41) is 3.81. The Morgan fingerprint density at radius 2 is 1.75 bits per heavy atom. The Balaban J connectivity index is 1.53. The minimum atomic E-state index is 0.484. The van der Waals surface area contributed by atoms with E-state index in [9.17, 15) is 0 Å². The van der Waals surface area contributed by atoms with Crippen molar-refractivity contribution in [2.24, 2.45) is 5.92 Å². The Morgan fingerprint density at radius 3 is 2.45 bits per heavy atom. The molecule has 3 nitrogen and oxygen atoms in total. The molecule has 116 valence electrons. The lowest BCUT2D eigenvalue weighted by Gasteiger charge is -2.48. The third-order valence-electron chi connectivity index (χ3n) is 5.72. The Kier molecular flexibility index (Phi) is 5.36. The van der Waals surface area contributed by atoms with Gasteiger partial charge < -0.3 is 10.1 Å². The van der Waals surface area contributed by atoms with Gasteiger partial charge >= 0.3 is 0 Å². The van der Waals surface area contributed by atoms with Gasteiger partial charge in [-0.25, -0.2) is 0 Å². The van der Waals surface area contributed by atoms with Crippen LogP contribution in [0.5, 0.6) is 0 Å². The van der Waals surface area contributed by atoms with Crippen molar-refractivity contribution in [2.75, 3.05) is 39.4 Å². The van der Waals surface area contributed by atoms with Gasteiger partial charge in [0.1, 0.15) is 0 Å². The van der Waals surface area contributed by atoms with Crippen molar-refractivity contribution >= 4 is 0 Å². The number of hydrogen-bond acceptors (Lipinski definition) is 3. The van der Waals surface area contributed by atoms with Gasteiger partial charge in [0.15, 0.2) is 0 Å². The number of ether oxygens (including phenoxy) is 1. The topological polar surface area (TPSA) is 24.5 Å². The minimum absolute atomic E-state index is 0.484. The lowest BCUT2D eigenvalue weighted by molar-refractivity contribution is 0.0328. The molecule has 0 radical (unpaired) electrons. The van der Waals surface area contributed by atoms with Crippen LogP contribution in [0.4, 0.5) is 0 Å². The molecule has 1 unspecified atom stereocenters. The van der Waals surface area contributed by atoms with Crippen molar-refractivity contribution in [3.8, 4) is 0 Å². The Hall–Kier alpha value is -0.120. The molecule has 3 rings (SSSR count). The second-order valence-corrected chi connectivity index (χ2v) is 7.19. The van der Waals surface area contributed by atoms with E-state index in [-0.39, 0.29) is 0 Å². The quantitative estimate of drug-likeness (QED) is 0.838. The maximum absolute atomic E-state index is 5.49. The molecule has 2 heterocycles. The van der Waals surface area contributed by atoms with Crippen LogP contribution in [0.1, 0.15) is 57.8 Å².